The number of rotatable bonds is 2. The van der Waals surface area contributed by atoms with Crippen LogP contribution in [0.4, 0.5) is 5.82 Å². The van der Waals surface area contributed by atoms with Gasteiger partial charge in [0.2, 0.25) is 5.91 Å². The number of carbonyl (C=O) groups is 1. The van der Waals surface area contributed by atoms with Crippen molar-refractivity contribution in [2.75, 3.05) is 32.1 Å². The Labute approximate surface area is 109 Å². The molecule has 1 aliphatic rings. The third-order valence-corrected chi connectivity index (χ3v) is 3.43. The van der Waals surface area contributed by atoms with Crippen LogP contribution in [0.1, 0.15) is 18.4 Å². The predicted molar refractivity (Wildman–Crippen MR) is 72.6 cm³/mol. The van der Waals surface area contributed by atoms with E-state index in [4.69, 9.17) is 0 Å². The summed E-state index contributed by atoms with van der Waals surface area (Å²) in [5.41, 5.74) is 1.16. The van der Waals surface area contributed by atoms with Gasteiger partial charge in [0.25, 0.3) is 0 Å². The highest BCUT2D eigenvalue weighted by atomic mass is 16.2. The minimum absolute atomic E-state index is 0.108. The Morgan fingerprint density at radius 1 is 1.44 bits per heavy atom. The molecule has 0 radical (unpaired) electrons. The summed E-state index contributed by atoms with van der Waals surface area (Å²) in [6, 6.07) is 4.11. The number of hydrogen-bond acceptors (Lipinski definition) is 3. The third-order valence-electron chi connectivity index (χ3n) is 3.43. The van der Waals surface area contributed by atoms with Gasteiger partial charge in [0.1, 0.15) is 5.82 Å². The second-order valence-corrected chi connectivity index (χ2v) is 5.21. The molecule has 0 N–H and O–H groups in total. The van der Waals surface area contributed by atoms with E-state index < -0.39 is 0 Å². The topological polar surface area (TPSA) is 36.4 Å². The van der Waals surface area contributed by atoms with E-state index in [0.717, 1.165) is 37.3 Å². The second-order valence-electron chi connectivity index (χ2n) is 5.21. The van der Waals surface area contributed by atoms with Crippen LogP contribution in [-0.2, 0) is 4.79 Å². The van der Waals surface area contributed by atoms with Gasteiger partial charge in [-0.25, -0.2) is 4.98 Å². The minimum atomic E-state index is 0.108. The lowest BCUT2D eigenvalue weighted by atomic mass is 9.97. The van der Waals surface area contributed by atoms with E-state index in [1.807, 2.05) is 33.3 Å². The van der Waals surface area contributed by atoms with Crippen LogP contribution >= 0.6 is 0 Å². The van der Waals surface area contributed by atoms with E-state index in [-0.39, 0.29) is 11.8 Å². The van der Waals surface area contributed by atoms with Crippen LogP contribution in [0.2, 0.25) is 0 Å². The first-order chi connectivity index (χ1) is 8.58. The normalized spacial score (nSPS) is 19.7. The van der Waals surface area contributed by atoms with Crippen LogP contribution in [-0.4, -0.2) is 43.0 Å². The van der Waals surface area contributed by atoms with Crippen molar-refractivity contribution in [3.63, 3.8) is 0 Å². The average Bonchev–Trinajstić information content (AvgIpc) is 2.38. The van der Waals surface area contributed by atoms with Crippen LogP contribution in [0.25, 0.3) is 0 Å². The molecule has 1 saturated heterocycles. The van der Waals surface area contributed by atoms with Crippen LogP contribution in [0.15, 0.2) is 18.3 Å². The Morgan fingerprint density at radius 2 is 2.22 bits per heavy atom. The summed E-state index contributed by atoms with van der Waals surface area (Å²) in [5.74, 6) is 1.32. The third kappa shape index (κ3) is 2.81. The van der Waals surface area contributed by atoms with E-state index in [2.05, 4.69) is 16.0 Å². The highest BCUT2D eigenvalue weighted by Crippen LogP contribution is 2.22. The number of hydrogen-bond donors (Lipinski definition) is 0. The van der Waals surface area contributed by atoms with E-state index in [1.165, 1.54) is 0 Å². The summed E-state index contributed by atoms with van der Waals surface area (Å²) in [4.78, 5) is 20.4. The van der Waals surface area contributed by atoms with Gasteiger partial charge < -0.3 is 9.80 Å². The summed E-state index contributed by atoms with van der Waals surface area (Å²) in [6.45, 7) is 3.81. The summed E-state index contributed by atoms with van der Waals surface area (Å²) in [7, 11) is 3.65. The Balaban J connectivity index is 2.07. The number of nitrogens with zero attached hydrogens (tertiary/aromatic N) is 3. The molecule has 1 aromatic rings. The maximum atomic E-state index is 12.0. The number of pyridine rings is 1. The fourth-order valence-corrected chi connectivity index (χ4v) is 2.40. The smallest absolute Gasteiger partial charge is 0.226 e. The van der Waals surface area contributed by atoms with Gasteiger partial charge in [0, 0.05) is 33.4 Å². The van der Waals surface area contributed by atoms with Crippen molar-refractivity contribution in [3.05, 3.63) is 23.9 Å². The molecule has 0 bridgehead atoms. The first-order valence-corrected chi connectivity index (χ1v) is 6.46. The first kappa shape index (κ1) is 12.9. The molecular weight excluding hydrogens is 226 g/mol. The Hall–Kier alpha value is -1.58. The lowest BCUT2D eigenvalue weighted by molar-refractivity contribution is -0.133. The van der Waals surface area contributed by atoms with Gasteiger partial charge in [0.15, 0.2) is 0 Å². The molecule has 0 spiro atoms. The van der Waals surface area contributed by atoms with E-state index in [1.54, 1.807) is 4.90 Å². The fourth-order valence-electron chi connectivity index (χ4n) is 2.40. The molecule has 1 unspecified atom stereocenters. The van der Waals surface area contributed by atoms with Gasteiger partial charge in [-0.2, -0.15) is 0 Å². The summed E-state index contributed by atoms with van der Waals surface area (Å²) >= 11 is 0. The minimum Gasteiger partial charge on any atom is -0.356 e. The number of aromatic nitrogens is 1. The summed E-state index contributed by atoms with van der Waals surface area (Å²) in [5, 5.41) is 0. The number of aryl methyl sites for hydroxylation is 1. The molecule has 1 fully saturated rings. The molecule has 4 nitrogen and oxygen atoms in total. The van der Waals surface area contributed by atoms with Gasteiger partial charge in [-0.15, -0.1) is 0 Å². The molecule has 1 aliphatic heterocycles. The van der Waals surface area contributed by atoms with Gasteiger partial charge in [-0.1, -0.05) is 6.07 Å². The maximum absolute atomic E-state index is 12.0. The largest absolute Gasteiger partial charge is 0.356 e. The lowest BCUT2D eigenvalue weighted by Crippen LogP contribution is -2.43. The molecule has 1 atom stereocenters. The van der Waals surface area contributed by atoms with Crippen LogP contribution in [0, 0.1) is 12.8 Å². The molecule has 4 heteroatoms. The number of carbonyl (C=O) groups excluding carboxylic acids is 1. The number of piperidine rings is 1. The zero-order valence-electron chi connectivity index (χ0n) is 11.4. The monoisotopic (exact) mass is 247 g/mol. The SMILES string of the molecule is Cc1ccc(N2CCCC(C(=O)N(C)C)C2)nc1. The van der Waals surface area contributed by atoms with Crippen LogP contribution in [0.5, 0.6) is 0 Å². The standard InChI is InChI=1S/C14H21N3O/c1-11-6-7-13(15-9-11)17-8-4-5-12(10-17)14(18)16(2)3/h6-7,9,12H,4-5,8,10H2,1-3H3. The zero-order valence-corrected chi connectivity index (χ0v) is 11.4. The molecule has 0 aromatic carbocycles. The highest BCUT2D eigenvalue weighted by molar-refractivity contribution is 5.79. The van der Waals surface area contributed by atoms with Crippen molar-refractivity contribution in [2.24, 2.45) is 5.92 Å². The molecular formula is C14H21N3O. The zero-order chi connectivity index (χ0) is 13.1. The van der Waals surface area contributed by atoms with Gasteiger partial charge >= 0.3 is 0 Å². The Morgan fingerprint density at radius 3 is 2.83 bits per heavy atom. The maximum Gasteiger partial charge on any atom is 0.226 e. The van der Waals surface area contributed by atoms with Gasteiger partial charge in [-0.05, 0) is 31.4 Å². The molecule has 2 rings (SSSR count). The molecule has 1 aromatic heterocycles. The molecule has 0 aliphatic carbocycles. The highest BCUT2D eigenvalue weighted by Gasteiger charge is 2.27. The van der Waals surface area contributed by atoms with E-state index in [0.29, 0.717) is 0 Å². The van der Waals surface area contributed by atoms with Crippen LogP contribution < -0.4 is 4.90 Å². The fraction of sp³-hybridized carbons (Fsp3) is 0.571. The van der Waals surface area contributed by atoms with E-state index >= 15 is 0 Å². The average molecular weight is 247 g/mol. The molecule has 98 valence electrons. The lowest BCUT2D eigenvalue weighted by Gasteiger charge is -2.34. The van der Waals surface area contributed by atoms with Crippen molar-refractivity contribution >= 4 is 11.7 Å². The predicted octanol–water partition coefficient (Wildman–Crippen LogP) is 1.69. The van der Waals surface area contributed by atoms with Crippen LogP contribution in [0.3, 0.4) is 0 Å². The van der Waals surface area contributed by atoms with Gasteiger partial charge in [0.05, 0.1) is 5.92 Å². The summed E-state index contributed by atoms with van der Waals surface area (Å²) in [6.07, 6.45) is 3.92. The number of anilines is 1. The second kappa shape index (κ2) is 5.38. The van der Waals surface area contributed by atoms with E-state index in [9.17, 15) is 4.79 Å². The molecule has 1 amide bonds. The van der Waals surface area contributed by atoms with Gasteiger partial charge in [-0.3, -0.25) is 4.79 Å². The van der Waals surface area contributed by atoms with Crippen molar-refractivity contribution in [2.45, 2.75) is 19.8 Å². The molecule has 2 heterocycles. The van der Waals surface area contributed by atoms with Crippen molar-refractivity contribution < 1.29 is 4.79 Å². The van der Waals surface area contributed by atoms with Crippen molar-refractivity contribution in [1.82, 2.24) is 9.88 Å². The first-order valence-electron chi connectivity index (χ1n) is 6.46. The Bertz CT molecular complexity index is 414. The van der Waals surface area contributed by atoms with Crippen molar-refractivity contribution in [1.29, 1.82) is 0 Å². The summed E-state index contributed by atoms with van der Waals surface area (Å²) < 4.78 is 0. The number of amides is 1. The molecule has 0 saturated carbocycles. The van der Waals surface area contributed by atoms with Crippen molar-refractivity contribution in [3.8, 4) is 0 Å². The molecule has 18 heavy (non-hydrogen) atoms. The Kier molecular flexibility index (Phi) is 3.84. The quantitative estimate of drug-likeness (QED) is 0.798.